The van der Waals surface area contributed by atoms with Gasteiger partial charge in [0.25, 0.3) is 0 Å². The van der Waals surface area contributed by atoms with E-state index in [1.807, 2.05) is 0 Å². The van der Waals surface area contributed by atoms with Crippen molar-refractivity contribution >= 4 is 22.3 Å². The van der Waals surface area contributed by atoms with E-state index in [9.17, 15) is 18.0 Å². The van der Waals surface area contributed by atoms with Crippen LogP contribution < -0.4 is 4.72 Å². The van der Waals surface area contributed by atoms with Gasteiger partial charge in [-0.15, -0.1) is 0 Å². The quantitative estimate of drug-likeness (QED) is 0.724. The molecule has 0 aliphatic carbocycles. The predicted octanol–water partition coefficient (Wildman–Crippen LogP) is -0.138. The van der Waals surface area contributed by atoms with Crippen molar-refractivity contribution in [3.05, 3.63) is 0 Å². The number of methoxy groups -OCH3 is 1. The summed E-state index contributed by atoms with van der Waals surface area (Å²) in [6.45, 7) is 1.90. The Morgan fingerprint density at radius 1 is 1.42 bits per heavy atom. The number of amides is 1. The second-order valence-corrected chi connectivity index (χ2v) is 5.72. The van der Waals surface area contributed by atoms with E-state index in [1.165, 1.54) is 7.11 Å². The number of esters is 1. The highest BCUT2D eigenvalue weighted by molar-refractivity contribution is 7.87. The summed E-state index contributed by atoms with van der Waals surface area (Å²) in [4.78, 5) is 22.6. The monoisotopic (exact) mass is 294 g/mol. The normalized spacial score (nSPS) is 20.6. The van der Waals surface area contributed by atoms with Crippen molar-refractivity contribution in [1.82, 2.24) is 9.03 Å². The molecule has 110 valence electrons. The van der Waals surface area contributed by atoms with Crippen LogP contribution in [-0.2, 0) is 24.5 Å². The fraction of sp³-hybridized carbons (Fsp3) is 0.800. The van der Waals surface area contributed by atoms with Gasteiger partial charge in [0.2, 0.25) is 0 Å². The number of ether oxygens (including phenoxy) is 2. The maximum absolute atomic E-state index is 11.9. The first kappa shape index (κ1) is 15.7. The summed E-state index contributed by atoms with van der Waals surface area (Å²) in [6.07, 6.45) is 0.0735. The first-order chi connectivity index (χ1) is 8.90. The number of nitrogens with zero attached hydrogens (tertiary/aromatic N) is 1. The van der Waals surface area contributed by atoms with Gasteiger partial charge in [-0.3, -0.25) is 4.79 Å². The topological polar surface area (TPSA) is 102 Å². The fourth-order valence-electron chi connectivity index (χ4n) is 1.85. The zero-order chi connectivity index (χ0) is 14.5. The van der Waals surface area contributed by atoms with E-state index in [0.717, 1.165) is 4.31 Å². The van der Waals surface area contributed by atoms with E-state index in [0.29, 0.717) is 12.8 Å². The third-order valence-electron chi connectivity index (χ3n) is 2.75. The van der Waals surface area contributed by atoms with Gasteiger partial charge >= 0.3 is 22.3 Å². The van der Waals surface area contributed by atoms with Crippen LogP contribution in [0.5, 0.6) is 0 Å². The zero-order valence-corrected chi connectivity index (χ0v) is 11.7. The molecule has 1 amide bonds. The standard InChI is InChI=1S/C10H18N2O6S/c1-3-18-10(14)11-19(15,16)12-6-4-5-8(7-12)9(13)17-2/h8H,3-7H2,1-2H3,(H,11,14). The number of nitrogens with one attached hydrogen (secondary N) is 1. The maximum atomic E-state index is 11.9. The van der Waals surface area contributed by atoms with Crippen LogP contribution in [0.2, 0.25) is 0 Å². The van der Waals surface area contributed by atoms with Crippen molar-refractivity contribution in [3.63, 3.8) is 0 Å². The molecule has 1 fully saturated rings. The van der Waals surface area contributed by atoms with Gasteiger partial charge in [-0.25, -0.2) is 9.52 Å². The van der Waals surface area contributed by atoms with Gasteiger partial charge in [-0.2, -0.15) is 12.7 Å². The molecule has 0 spiro atoms. The lowest BCUT2D eigenvalue weighted by Crippen LogP contribution is -2.49. The van der Waals surface area contributed by atoms with Gasteiger partial charge in [-0.1, -0.05) is 0 Å². The summed E-state index contributed by atoms with van der Waals surface area (Å²) < 4.78 is 35.7. The van der Waals surface area contributed by atoms with E-state index in [-0.39, 0.29) is 19.7 Å². The molecule has 1 heterocycles. The first-order valence-corrected chi connectivity index (χ1v) is 7.37. The van der Waals surface area contributed by atoms with Crippen LogP contribution >= 0.6 is 0 Å². The second kappa shape index (κ2) is 6.71. The molecule has 19 heavy (non-hydrogen) atoms. The van der Waals surface area contributed by atoms with E-state index < -0.39 is 28.2 Å². The predicted molar refractivity (Wildman–Crippen MR) is 65.4 cm³/mol. The molecular formula is C10H18N2O6S. The second-order valence-electron chi connectivity index (χ2n) is 4.05. The van der Waals surface area contributed by atoms with Crippen LogP contribution in [0.4, 0.5) is 4.79 Å². The van der Waals surface area contributed by atoms with Gasteiger partial charge in [0.15, 0.2) is 0 Å². The highest BCUT2D eigenvalue weighted by Crippen LogP contribution is 2.19. The van der Waals surface area contributed by atoms with Crippen molar-refractivity contribution in [2.45, 2.75) is 19.8 Å². The third-order valence-corrected chi connectivity index (χ3v) is 4.18. The highest BCUT2D eigenvalue weighted by Gasteiger charge is 2.33. The Hall–Kier alpha value is -1.35. The molecule has 1 unspecified atom stereocenters. The van der Waals surface area contributed by atoms with Crippen molar-refractivity contribution in [2.24, 2.45) is 5.92 Å². The molecule has 0 aromatic rings. The Kier molecular flexibility index (Phi) is 5.55. The number of carbonyl (C=O) groups excluding carboxylic acids is 2. The molecule has 1 rings (SSSR count). The Labute approximate surface area is 112 Å². The lowest BCUT2D eigenvalue weighted by molar-refractivity contribution is -0.146. The van der Waals surface area contributed by atoms with Crippen molar-refractivity contribution in [2.75, 3.05) is 26.8 Å². The van der Waals surface area contributed by atoms with Crippen LogP contribution in [0, 0.1) is 5.92 Å². The van der Waals surface area contributed by atoms with E-state index >= 15 is 0 Å². The molecule has 0 bridgehead atoms. The molecule has 0 aromatic carbocycles. The third kappa shape index (κ3) is 4.35. The largest absolute Gasteiger partial charge is 0.469 e. The minimum Gasteiger partial charge on any atom is -0.469 e. The van der Waals surface area contributed by atoms with Crippen LogP contribution in [-0.4, -0.2) is 51.6 Å². The molecule has 9 heteroatoms. The average Bonchev–Trinajstić information content (AvgIpc) is 2.37. The first-order valence-electron chi connectivity index (χ1n) is 5.93. The number of rotatable bonds is 4. The van der Waals surface area contributed by atoms with Gasteiger partial charge in [-0.05, 0) is 19.8 Å². The van der Waals surface area contributed by atoms with Crippen molar-refractivity contribution in [3.8, 4) is 0 Å². The summed E-state index contributed by atoms with van der Waals surface area (Å²) >= 11 is 0. The number of hydrogen-bond acceptors (Lipinski definition) is 6. The lowest BCUT2D eigenvalue weighted by Gasteiger charge is -2.30. The molecule has 8 nitrogen and oxygen atoms in total. The molecular weight excluding hydrogens is 276 g/mol. The molecule has 1 aliphatic rings. The summed E-state index contributed by atoms with van der Waals surface area (Å²) in [5, 5.41) is 0. The Bertz CT molecular complexity index is 435. The van der Waals surface area contributed by atoms with Crippen molar-refractivity contribution < 1.29 is 27.5 Å². The van der Waals surface area contributed by atoms with Crippen LogP contribution in [0.1, 0.15) is 19.8 Å². The van der Waals surface area contributed by atoms with Crippen LogP contribution in [0.3, 0.4) is 0 Å². The van der Waals surface area contributed by atoms with Crippen molar-refractivity contribution in [1.29, 1.82) is 0 Å². The Balaban J connectivity index is 2.67. The van der Waals surface area contributed by atoms with Crippen LogP contribution in [0.15, 0.2) is 0 Å². The molecule has 1 aliphatic heterocycles. The molecule has 1 saturated heterocycles. The van der Waals surface area contributed by atoms with Gasteiger partial charge in [0.1, 0.15) is 0 Å². The number of piperidine rings is 1. The fourth-order valence-corrected chi connectivity index (χ4v) is 2.99. The molecule has 1 atom stereocenters. The van der Waals surface area contributed by atoms with Gasteiger partial charge in [0.05, 0.1) is 19.6 Å². The molecule has 0 saturated carbocycles. The zero-order valence-electron chi connectivity index (χ0n) is 10.9. The number of carbonyl (C=O) groups is 2. The average molecular weight is 294 g/mol. The molecule has 1 N–H and O–H groups in total. The van der Waals surface area contributed by atoms with E-state index in [2.05, 4.69) is 9.47 Å². The highest BCUT2D eigenvalue weighted by atomic mass is 32.2. The van der Waals surface area contributed by atoms with Gasteiger partial charge in [0, 0.05) is 13.1 Å². The van der Waals surface area contributed by atoms with E-state index in [1.54, 1.807) is 11.6 Å². The Morgan fingerprint density at radius 2 is 2.11 bits per heavy atom. The smallest absolute Gasteiger partial charge is 0.421 e. The summed E-state index contributed by atoms with van der Waals surface area (Å²) in [6, 6.07) is 0. The number of hydrogen-bond donors (Lipinski definition) is 1. The van der Waals surface area contributed by atoms with E-state index in [4.69, 9.17) is 0 Å². The Morgan fingerprint density at radius 3 is 2.68 bits per heavy atom. The minimum atomic E-state index is -3.98. The molecule has 0 radical (unpaired) electrons. The van der Waals surface area contributed by atoms with Gasteiger partial charge < -0.3 is 9.47 Å². The summed E-state index contributed by atoms with van der Waals surface area (Å²) in [7, 11) is -2.72. The summed E-state index contributed by atoms with van der Waals surface area (Å²) in [5.74, 6) is -0.950. The summed E-state index contributed by atoms with van der Waals surface area (Å²) in [5.41, 5.74) is 0. The lowest BCUT2D eigenvalue weighted by atomic mass is 10.0. The molecule has 0 aromatic heterocycles. The minimum absolute atomic E-state index is 0.00140. The van der Waals surface area contributed by atoms with Crippen LogP contribution in [0.25, 0.3) is 0 Å². The maximum Gasteiger partial charge on any atom is 0.421 e. The SMILES string of the molecule is CCOC(=O)NS(=O)(=O)N1CCCC(C(=O)OC)C1.